The van der Waals surface area contributed by atoms with Gasteiger partial charge in [0.2, 0.25) is 0 Å². The number of amides is 2. The van der Waals surface area contributed by atoms with Gasteiger partial charge >= 0.3 is 5.97 Å². The minimum Gasteiger partial charge on any atom is -0.481 e. The van der Waals surface area contributed by atoms with Crippen molar-refractivity contribution in [2.24, 2.45) is 0 Å². The maximum absolute atomic E-state index is 12.1. The lowest BCUT2D eigenvalue weighted by molar-refractivity contribution is -0.170. The smallest absolute Gasteiger partial charge is 0.370 e. The monoisotopic (exact) mass is 339 g/mol. The lowest BCUT2D eigenvalue weighted by Crippen LogP contribution is -2.34. The molecule has 0 N–H and O–H groups in total. The predicted octanol–water partition coefficient (Wildman–Crippen LogP) is 2.75. The molecule has 0 unspecified atom stereocenters. The Labute approximate surface area is 144 Å². The first kappa shape index (κ1) is 16.7. The summed E-state index contributed by atoms with van der Waals surface area (Å²) < 4.78 is 5.52. The van der Waals surface area contributed by atoms with Crippen molar-refractivity contribution in [3.05, 3.63) is 64.2 Å². The first-order valence-corrected chi connectivity index (χ1v) is 7.77. The van der Waals surface area contributed by atoms with Crippen molar-refractivity contribution >= 4 is 17.8 Å². The molecule has 3 rings (SSSR count). The number of aryl methyl sites for hydroxylation is 3. The molecule has 0 saturated carbocycles. The normalized spacial score (nSPS) is 13.0. The van der Waals surface area contributed by atoms with Gasteiger partial charge in [-0.1, -0.05) is 34.9 Å². The van der Waals surface area contributed by atoms with Crippen LogP contribution in [0.5, 0.6) is 5.75 Å². The zero-order valence-corrected chi connectivity index (χ0v) is 14.2. The van der Waals surface area contributed by atoms with Gasteiger partial charge in [0, 0.05) is 0 Å². The minimum absolute atomic E-state index is 0.214. The van der Waals surface area contributed by atoms with E-state index in [1.807, 2.05) is 32.9 Å². The number of carbonyl (C=O) groups is 3. The van der Waals surface area contributed by atoms with E-state index in [-0.39, 0.29) is 11.1 Å². The number of benzene rings is 2. The topological polar surface area (TPSA) is 72.9 Å². The van der Waals surface area contributed by atoms with Gasteiger partial charge in [0.15, 0.2) is 6.61 Å². The highest BCUT2D eigenvalue weighted by atomic mass is 16.7. The van der Waals surface area contributed by atoms with Crippen LogP contribution in [-0.2, 0) is 9.63 Å². The van der Waals surface area contributed by atoms with Gasteiger partial charge in [-0.25, -0.2) is 4.79 Å². The second-order valence-electron chi connectivity index (χ2n) is 5.93. The number of hydrogen-bond acceptors (Lipinski definition) is 5. The van der Waals surface area contributed by atoms with Gasteiger partial charge in [-0.2, -0.15) is 0 Å². The van der Waals surface area contributed by atoms with E-state index >= 15 is 0 Å². The van der Waals surface area contributed by atoms with Gasteiger partial charge in [0.05, 0.1) is 11.1 Å². The maximum atomic E-state index is 12.1. The van der Waals surface area contributed by atoms with E-state index < -0.39 is 24.4 Å². The van der Waals surface area contributed by atoms with E-state index in [9.17, 15) is 14.4 Å². The summed E-state index contributed by atoms with van der Waals surface area (Å²) in [5.41, 5.74) is 3.31. The van der Waals surface area contributed by atoms with Crippen molar-refractivity contribution in [3.63, 3.8) is 0 Å². The SMILES string of the molecule is Cc1cc(C)c(OCC(=O)ON2C(=O)c3ccccc3C2=O)c(C)c1. The number of carbonyl (C=O) groups excluding carboxylic acids is 3. The van der Waals surface area contributed by atoms with E-state index in [4.69, 9.17) is 9.57 Å². The Morgan fingerprint density at radius 2 is 1.48 bits per heavy atom. The fraction of sp³-hybridized carbons (Fsp3) is 0.211. The van der Waals surface area contributed by atoms with Gasteiger partial charge in [0.25, 0.3) is 11.8 Å². The molecule has 0 fully saturated rings. The summed E-state index contributed by atoms with van der Waals surface area (Å²) in [7, 11) is 0. The van der Waals surface area contributed by atoms with Crippen molar-refractivity contribution in [2.75, 3.05) is 6.61 Å². The van der Waals surface area contributed by atoms with Gasteiger partial charge in [-0.05, 0) is 44.0 Å². The van der Waals surface area contributed by atoms with Crippen molar-refractivity contribution in [1.29, 1.82) is 0 Å². The van der Waals surface area contributed by atoms with Crippen LogP contribution in [0, 0.1) is 20.8 Å². The van der Waals surface area contributed by atoms with Crippen LogP contribution in [0.1, 0.15) is 37.4 Å². The number of rotatable bonds is 4. The summed E-state index contributed by atoms with van der Waals surface area (Å²) in [5.74, 6) is -1.55. The van der Waals surface area contributed by atoms with E-state index in [2.05, 4.69) is 0 Å². The summed E-state index contributed by atoms with van der Waals surface area (Å²) in [6.07, 6.45) is 0. The Bertz CT molecular complexity index is 829. The highest BCUT2D eigenvalue weighted by molar-refractivity contribution is 6.20. The van der Waals surface area contributed by atoms with Gasteiger partial charge in [-0.3, -0.25) is 9.59 Å². The lowest BCUT2D eigenvalue weighted by Gasteiger charge is -2.15. The molecule has 0 atom stereocenters. The van der Waals surface area contributed by atoms with Crippen LogP contribution in [-0.4, -0.2) is 29.5 Å². The molecule has 1 heterocycles. The minimum atomic E-state index is -0.825. The predicted molar refractivity (Wildman–Crippen MR) is 89.2 cm³/mol. The number of nitrogens with zero attached hydrogens (tertiary/aromatic N) is 1. The number of hydroxylamine groups is 2. The number of hydrogen-bond donors (Lipinski definition) is 0. The van der Waals surface area contributed by atoms with Crippen LogP contribution < -0.4 is 4.74 Å². The molecule has 0 aliphatic carbocycles. The van der Waals surface area contributed by atoms with E-state index in [0.29, 0.717) is 10.8 Å². The molecule has 0 spiro atoms. The Morgan fingerprint density at radius 3 is 2.00 bits per heavy atom. The van der Waals surface area contributed by atoms with Crippen LogP contribution in [0.15, 0.2) is 36.4 Å². The van der Waals surface area contributed by atoms with E-state index in [0.717, 1.165) is 16.7 Å². The van der Waals surface area contributed by atoms with Crippen molar-refractivity contribution in [2.45, 2.75) is 20.8 Å². The standard InChI is InChI=1S/C19H17NO5/c1-11-8-12(2)17(13(3)9-11)24-10-16(21)25-20-18(22)14-6-4-5-7-15(14)19(20)23/h4-9H,10H2,1-3H3. The van der Waals surface area contributed by atoms with Crippen LogP contribution in [0.25, 0.3) is 0 Å². The molecule has 2 aromatic carbocycles. The molecule has 2 amide bonds. The molecule has 0 aromatic heterocycles. The second kappa shape index (κ2) is 6.39. The Kier molecular flexibility index (Phi) is 4.27. The van der Waals surface area contributed by atoms with Crippen LogP contribution >= 0.6 is 0 Å². The third-order valence-corrected chi connectivity index (χ3v) is 3.89. The summed E-state index contributed by atoms with van der Waals surface area (Å²) in [6, 6.07) is 10.2. The van der Waals surface area contributed by atoms with E-state index in [1.165, 1.54) is 12.1 Å². The highest BCUT2D eigenvalue weighted by Gasteiger charge is 2.38. The second-order valence-corrected chi connectivity index (χ2v) is 5.93. The zero-order chi connectivity index (χ0) is 18.1. The Hall–Kier alpha value is -3.15. The first-order chi connectivity index (χ1) is 11.9. The van der Waals surface area contributed by atoms with Gasteiger partial charge < -0.3 is 9.57 Å². The average molecular weight is 339 g/mol. The van der Waals surface area contributed by atoms with Crippen LogP contribution in [0.2, 0.25) is 0 Å². The first-order valence-electron chi connectivity index (χ1n) is 7.77. The molecule has 1 aliphatic heterocycles. The fourth-order valence-electron chi connectivity index (χ4n) is 2.90. The molecule has 6 heteroatoms. The molecule has 6 nitrogen and oxygen atoms in total. The average Bonchev–Trinajstić information content (AvgIpc) is 2.79. The molecule has 1 aliphatic rings. The summed E-state index contributed by atoms with van der Waals surface area (Å²) in [5, 5.41) is 0.477. The fourth-order valence-corrected chi connectivity index (χ4v) is 2.90. The quantitative estimate of drug-likeness (QED) is 0.801. The molecule has 25 heavy (non-hydrogen) atoms. The Balaban J connectivity index is 1.67. The van der Waals surface area contributed by atoms with Gasteiger partial charge in [0.1, 0.15) is 5.75 Å². The maximum Gasteiger partial charge on any atom is 0.370 e. The van der Waals surface area contributed by atoms with Crippen molar-refractivity contribution < 1.29 is 24.0 Å². The van der Waals surface area contributed by atoms with Crippen LogP contribution in [0.4, 0.5) is 0 Å². The highest BCUT2D eigenvalue weighted by Crippen LogP contribution is 2.25. The summed E-state index contributed by atoms with van der Waals surface area (Å²) in [4.78, 5) is 41.2. The number of ether oxygens (including phenoxy) is 1. The molecule has 2 aromatic rings. The molecule has 0 radical (unpaired) electrons. The van der Waals surface area contributed by atoms with Gasteiger partial charge in [-0.15, -0.1) is 0 Å². The third-order valence-electron chi connectivity index (χ3n) is 3.89. The lowest BCUT2D eigenvalue weighted by atomic mass is 10.1. The largest absolute Gasteiger partial charge is 0.481 e. The zero-order valence-electron chi connectivity index (χ0n) is 14.2. The molecule has 0 bridgehead atoms. The number of imide groups is 1. The molecular weight excluding hydrogens is 322 g/mol. The number of fused-ring (bicyclic) bond motifs is 1. The molecular formula is C19H17NO5. The Morgan fingerprint density at radius 1 is 0.960 bits per heavy atom. The molecule has 0 saturated heterocycles. The third kappa shape index (κ3) is 3.10. The molecule has 128 valence electrons. The van der Waals surface area contributed by atoms with Crippen molar-refractivity contribution in [1.82, 2.24) is 5.06 Å². The van der Waals surface area contributed by atoms with Crippen molar-refractivity contribution in [3.8, 4) is 5.75 Å². The summed E-state index contributed by atoms with van der Waals surface area (Å²) in [6.45, 7) is 5.33. The van der Waals surface area contributed by atoms with E-state index in [1.54, 1.807) is 12.1 Å². The summed E-state index contributed by atoms with van der Waals surface area (Å²) >= 11 is 0. The van der Waals surface area contributed by atoms with Crippen LogP contribution in [0.3, 0.4) is 0 Å².